The molecule has 2 amide bonds. The minimum atomic E-state index is -3.05. The molecule has 0 saturated carbocycles. The molecular weight excluding hydrogens is 318 g/mol. The standard InChI is InChI=1S/C13H16F2N2O4S/c14-9-1-2-12(11(15)7-9)21-5-4-16-13(18)17-10-3-6-22(19,20)8-10/h1-2,7,10H,3-6,8H2,(H2,16,17,18). The Morgan fingerprint density at radius 2 is 2.14 bits per heavy atom. The van der Waals surface area contributed by atoms with Gasteiger partial charge in [-0.25, -0.2) is 22.0 Å². The van der Waals surface area contributed by atoms with Crippen molar-refractivity contribution in [1.82, 2.24) is 10.6 Å². The molecule has 122 valence electrons. The topological polar surface area (TPSA) is 84.5 Å². The smallest absolute Gasteiger partial charge is 0.315 e. The minimum absolute atomic E-state index is 0.00105. The van der Waals surface area contributed by atoms with Crippen molar-refractivity contribution >= 4 is 15.9 Å². The highest BCUT2D eigenvalue weighted by Crippen LogP contribution is 2.17. The van der Waals surface area contributed by atoms with Gasteiger partial charge < -0.3 is 15.4 Å². The van der Waals surface area contributed by atoms with E-state index in [1.807, 2.05) is 0 Å². The van der Waals surface area contributed by atoms with Crippen LogP contribution >= 0.6 is 0 Å². The molecule has 22 heavy (non-hydrogen) atoms. The minimum Gasteiger partial charge on any atom is -0.489 e. The molecule has 1 aliphatic rings. The number of ether oxygens (including phenoxy) is 1. The van der Waals surface area contributed by atoms with Crippen molar-refractivity contribution in [2.45, 2.75) is 12.5 Å². The van der Waals surface area contributed by atoms with Gasteiger partial charge in [-0.3, -0.25) is 0 Å². The summed E-state index contributed by atoms with van der Waals surface area (Å²) in [5.41, 5.74) is 0. The van der Waals surface area contributed by atoms with Gasteiger partial charge in [-0.2, -0.15) is 0 Å². The van der Waals surface area contributed by atoms with E-state index in [0.717, 1.165) is 12.1 Å². The van der Waals surface area contributed by atoms with E-state index in [-0.39, 0.29) is 36.4 Å². The highest BCUT2D eigenvalue weighted by Gasteiger charge is 2.28. The SMILES string of the molecule is O=C(NCCOc1ccc(F)cc1F)NC1CCS(=O)(=O)C1. The number of hydrogen-bond donors (Lipinski definition) is 2. The monoisotopic (exact) mass is 334 g/mol. The van der Waals surface area contributed by atoms with Gasteiger partial charge in [0, 0.05) is 12.1 Å². The number of nitrogens with one attached hydrogen (secondary N) is 2. The molecule has 1 aromatic carbocycles. The summed E-state index contributed by atoms with van der Waals surface area (Å²) in [6, 6.07) is 2.04. The van der Waals surface area contributed by atoms with Gasteiger partial charge >= 0.3 is 6.03 Å². The van der Waals surface area contributed by atoms with Crippen molar-refractivity contribution in [3.63, 3.8) is 0 Å². The van der Waals surface area contributed by atoms with E-state index in [9.17, 15) is 22.0 Å². The van der Waals surface area contributed by atoms with Crippen LogP contribution in [0.3, 0.4) is 0 Å². The number of halogens is 2. The first-order chi connectivity index (χ1) is 10.4. The third-order valence-electron chi connectivity index (χ3n) is 3.11. The molecule has 1 saturated heterocycles. The van der Waals surface area contributed by atoms with Crippen molar-refractivity contribution in [3.8, 4) is 5.75 Å². The zero-order valence-electron chi connectivity index (χ0n) is 11.6. The lowest BCUT2D eigenvalue weighted by Crippen LogP contribution is -2.43. The molecule has 1 fully saturated rings. The van der Waals surface area contributed by atoms with Crippen molar-refractivity contribution in [2.24, 2.45) is 0 Å². The number of rotatable bonds is 5. The summed E-state index contributed by atoms with van der Waals surface area (Å²) in [7, 11) is -3.05. The van der Waals surface area contributed by atoms with E-state index >= 15 is 0 Å². The van der Waals surface area contributed by atoms with E-state index in [1.165, 1.54) is 0 Å². The number of carbonyl (C=O) groups is 1. The molecule has 0 aliphatic carbocycles. The first-order valence-corrected chi connectivity index (χ1v) is 8.50. The van der Waals surface area contributed by atoms with Gasteiger partial charge in [0.25, 0.3) is 0 Å². The Bertz CT molecular complexity index is 651. The highest BCUT2D eigenvalue weighted by atomic mass is 32.2. The Labute approximate surface area is 126 Å². The normalized spacial score (nSPS) is 19.6. The van der Waals surface area contributed by atoms with Crippen LogP contribution in [0, 0.1) is 11.6 Å². The number of hydrogen-bond acceptors (Lipinski definition) is 4. The zero-order valence-corrected chi connectivity index (χ0v) is 12.5. The fourth-order valence-electron chi connectivity index (χ4n) is 2.06. The molecule has 0 aromatic heterocycles. The molecule has 9 heteroatoms. The first kappa shape index (κ1) is 16.5. The molecule has 6 nitrogen and oxygen atoms in total. The third-order valence-corrected chi connectivity index (χ3v) is 4.87. The Hall–Kier alpha value is -1.90. The van der Waals surface area contributed by atoms with Crippen LogP contribution in [0.1, 0.15) is 6.42 Å². The lowest BCUT2D eigenvalue weighted by Gasteiger charge is -2.12. The maximum absolute atomic E-state index is 13.3. The van der Waals surface area contributed by atoms with E-state index in [4.69, 9.17) is 4.74 Å². The molecule has 0 bridgehead atoms. The maximum atomic E-state index is 13.3. The summed E-state index contributed by atoms with van der Waals surface area (Å²) in [4.78, 5) is 11.5. The van der Waals surface area contributed by atoms with E-state index < -0.39 is 27.5 Å². The maximum Gasteiger partial charge on any atom is 0.315 e. The van der Waals surface area contributed by atoms with Crippen LogP contribution in [-0.4, -0.2) is 45.1 Å². The van der Waals surface area contributed by atoms with Crippen LogP contribution in [-0.2, 0) is 9.84 Å². The average molecular weight is 334 g/mol. The largest absolute Gasteiger partial charge is 0.489 e. The lowest BCUT2D eigenvalue weighted by atomic mass is 10.3. The Morgan fingerprint density at radius 1 is 1.36 bits per heavy atom. The molecular formula is C13H16F2N2O4S. The average Bonchev–Trinajstić information content (AvgIpc) is 2.76. The van der Waals surface area contributed by atoms with Crippen molar-refractivity contribution in [2.75, 3.05) is 24.7 Å². The molecule has 1 atom stereocenters. The fraction of sp³-hybridized carbons (Fsp3) is 0.462. The molecule has 1 heterocycles. The molecule has 2 rings (SSSR count). The number of carbonyl (C=O) groups excluding carboxylic acids is 1. The van der Waals surface area contributed by atoms with Gasteiger partial charge in [0.15, 0.2) is 21.4 Å². The van der Waals surface area contributed by atoms with Crippen LogP contribution < -0.4 is 15.4 Å². The van der Waals surface area contributed by atoms with E-state index in [0.29, 0.717) is 12.5 Å². The van der Waals surface area contributed by atoms with Crippen molar-refractivity contribution < 1.29 is 26.7 Å². The second kappa shape index (κ2) is 6.91. The van der Waals surface area contributed by atoms with Gasteiger partial charge in [-0.05, 0) is 18.6 Å². The predicted octanol–water partition coefficient (Wildman–Crippen LogP) is 0.830. The summed E-state index contributed by atoms with van der Waals surface area (Å²) in [5, 5.41) is 5.02. The molecule has 1 aromatic rings. The summed E-state index contributed by atoms with van der Waals surface area (Å²) >= 11 is 0. The van der Waals surface area contributed by atoms with Gasteiger partial charge in [0.05, 0.1) is 18.1 Å². The lowest BCUT2D eigenvalue weighted by molar-refractivity contribution is 0.233. The molecule has 0 spiro atoms. The highest BCUT2D eigenvalue weighted by molar-refractivity contribution is 7.91. The third kappa shape index (κ3) is 4.83. The molecule has 1 unspecified atom stereocenters. The van der Waals surface area contributed by atoms with Gasteiger partial charge in [0.2, 0.25) is 0 Å². The summed E-state index contributed by atoms with van der Waals surface area (Å²) < 4.78 is 53.5. The van der Waals surface area contributed by atoms with Gasteiger partial charge in [-0.1, -0.05) is 0 Å². The van der Waals surface area contributed by atoms with Gasteiger partial charge in [-0.15, -0.1) is 0 Å². The molecule has 1 aliphatic heterocycles. The summed E-state index contributed by atoms with van der Waals surface area (Å²) in [6.45, 7) is 0.0983. The quantitative estimate of drug-likeness (QED) is 0.781. The summed E-state index contributed by atoms with van der Waals surface area (Å²) in [6.07, 6.45) is 0.396. The zero-order chi connectivity index (χ0) is 16.2. The molecule has 2 N–H and O–H groups in total. The predicted molar refractivity (Wildman–Crippen MR) is 75.4 cm³/mol. The van der Waals surface area contributed by atoms with Crippen LogP contribution in [0.5, 0.6) is 5.75 Å². The van der Waals surface area contributed by atoms with Crippen LogP contribution in [0.2, 0.25) is 0 Å². The van der Waals surface area contributed by atoms with E-state index in [2.05, 4.69) is 10.6 Å². The summed E-state index contributed by atoms with van der Waals surface area (Å²) in [5.74, 6) is -1.61. The van der Waals surface area contributed by atoms with Crippen molar-refractivity contribution in [1.29, 1.82) is 0 Å². The second-order valence-electron chi connectivity index (χ2n) is 4.92. The number of sulfone groups is 1. The second-order valence-corrected chi connectivity index (χ2v) is 7.15. The van der Waals surface area contributed by atoms with Gasteiger partial charge in [0.1, 0.15) is 12.4 Å². The van der Waals surface area contributed by atoms with Crippen LogP contribution in [0.15, 0.2) is 18.2 Å². The number of urea groups is 1. The van der Waals surface area contributed by atoms with Crippen LogP contribution in [0.4, 0.5) is 13.6 Å². The van der Waals surface area contributed by atoms with Crippen LogP contribution in [0.25, 0.3) is 0 Å². The number of benzene rings is 1. The Balaban J connectivity index is 1.67. The van der Waals surface area contributed by atoms with Crippen molar-refractivity contribution in [3.05, 3.63) is 29.8 Å². The Morgan fingerprint density at radius 3 is 2.77 bits per heavy atom. The first-order valence-electron chi connectivity index (χ1n) is 6.68. The fourth-order valence-corrected chi connectivity index (χ4v) is 3.74. The number of amides is 2. The van der Waals surface area contributed by atoms with E-state index in [1.54, 1.807) is 0 Å². The Kier molecular flexibility index (Phi) is 5.17. The molecule has 0 radical (unpaired) electrons.